The van der Waals surface area contributed by atoms with Crippen molar-refractivity contribution in [2.75, 3.05) is 0 Å². The van der Waals surface area contributed by atoms with Crippen LogP contribution in [0.3, 0.4) is 0 Å². The second-order valence-corrected chi connectivity index (χ2v) is 4.45. The Morgan fingerprint density at radius 2 is 1.75 bits per heavy atom. The zero-order chi connectivity index (χ0) is 12.1. The van der Waals surface area contributed by atoms with E-state index in [1.165, 1.54) is 5.56 Å². The molecular formula is C14H20O2. The summed E-state index contributed by atoms with van der Waals surface area (Å²) in [7, 11) is 0. The highest BCUT2D eigenvalue weighted by Crippen LogP contribution is 2.21. The third-order valence-corrected chi connectivity index (χ3v) is 2.75. The predicted molar refractivity (Wildman–Crippen MR) is 65.6 cm³/mol. The molecule has 0 aliphatic heterocycles. The largest absolute Gasteiger partial charge is 0.426 e. The zero-order valence-electron chi connectivity index (χ0n) is 10.5. The molecule has 2 heteroatoms. The number of rotatable bonds is 4. The fourth-order valence-electron chi connectivity index (χ4n) is 1.33. The lowest BCUT2D eigenvalue weighted by Gasteiger charge is -2.10. The fraction of sp³-hybridized carbons (Fsp3) is 0.500. The van der Waals surface area contributed by atoms with E-state index in [-0.39, 0.29) is 11.9 Å². The van der Waals surface area contributed by atoms with Gasteiger partial charge < -0.3 is 4.74 Å². The molecule has 0 bridgehead atoms. The lowest BCUT2D eigenvalue weighted by Crippen LogP contribution is -2.14. The van der Waals surface area contributed by atoms with Crippen LogP contribution in [-0.2, 0) is 4.79 Å². The Hall–Kier alpha value is -1.31. The monoisotopic (exact) mass is 220 g/mol. The van der Waals surface area contributed by atoms with Gasteiger partial charge >= 0.3 is 5.97 Å². The second kappa shape index (κ2) is 5.69. The molecule has 88 valence electrons. The SMILES string of the molecule is CCC(C)c1ccc(OC(=O)C(C)C)cc1. The van der Waals surface area contributed by atoms with Gasteiger partial charge in [0.25, 0.3) is 0 Å². The average Bonchev–Trinajstić information content (AvgIpc) is 2.28. The van der Waals surface area contributed by atoms with E-state index in [2.05, 4.69) is 13.8 Å². The molecule has 0 aliphatic carbocycles. The first-order chi connectivity index (χ1) is 7.54. The van der Waals surface area contributed by atoms with Crippen molar-refractivity contribution in [3.05, 3.63) is 29.8 Å². The van der Waals surface area contributed by atoms with Gasteiger partial charge in [0.1, 0.15) is 5.75 Å². The number of carbonyl (C=O) groups is 1. The standard InChI is InChI=1S/C14H20O2/c1-5-11(4)12-6-8-13(9-7-12)16-14(15)10(2)3/h6-11H,5H2,1-4H3. The molecule has 0 fully saturated rings. The first-order valence-electron chi connectivity index (χ1n) is 5.86. The smallest absolute Gasteiger partial charge is 0.313 e. The van der Waals surface area contributed by atoms with Gasteiger partial charge in [-0.2, -0.15) is 0 Å². The Morgan fingerprint density at radius 3 is 2.19 bits per heavy atom. The van der Waals surface area contributed by atoms with Crippen LogP contribution in [0.15, 0.2) is 24.3 Å². The van der Waals surface area contributed by atoms with Crippen molar-refractivity contribution < 1.29 is 9.53 Å². The third-order valence-electron chi connectivity index (χ3n) is 2.75. The molecule has 1 unspecified atom stereocenters. The van der Waals surface area contributed by atoms with Crippen molar-refractivity contribution in [1.82, 2.24) is 0 Å². The lowest BCUT2D eigenvalue weighted by molar-refractivity contribution is -0.137. The van der Waals surface area contributed by atoms with E-state index < -0.39 is 0 Å². The van der Waals surface area contributed by atoms with Gasteiger partial charge in [0, 0.05) is 0 Å². The molecule has 0 N–H and O–H groups in total. The molecule has 2 nitrogen and oxygen atoms in total. The maximum absolute atomic E-state index is 11.4. The van der Waals surface area contributed by atoms with Crippen LogP contribution in [-0.4, -0.2) is 5.97 Å². The molecule has 0 amide bonds. The van der Waals surface area contributed by atoms with E-state index in [1.54, 1.807) is 0 Å². The molecule has 0 aliphatic rings. The molecule has 0 radical (unpaired) electrons. The van der Waals surface area contributed by atoms with E-state index in [0.29, 0.717) is 11.7 Å². The number of ether oxygens (including phenoxy) is 1. The summed E-state index contributed by atoms with van der Waals surface area (Å²) in [5.41, 5.74) is 1.28. The zero-order valence-corrected chi connectivity index (χ0v) is 10.5. The van der Waals surface area contributed by atoms with Crippen LogP contribution in [0.4, 0.5) is 0 Å². The van der Waals surface area contributed by atoms with E-state index >= 15 is 0 Å². The quantitative estimate of drug-likeness (QED) is 0.570. The van der Waals surface area contributed by atoms with Crippen molar-refractivity contribution in [2.45, 2.75) is 40.0 Å². The minimum Gasteiger partial charge on any atom is -0.426 e. The Kier molecular flexibility index (Phi) is 4.53. The normalized spacial score (nSPS) is 12.6. The minimum atomic E-state index is -0.184. The average molecular weight is 220 g/mol. The van der Waals surface area contributed by atoms with E-state index in [9.17, 15) is 4.79 Å². The summed E-state index contributed by atoms with van der Waals surface area (Å²) in [6, 6.07) is 7.78. The molecule has 0 saturated carbocycles. The van der Waals surface area contributed by atoms with Crippen LogP contribution in [0.25, 0.3) is 0 Å². The van der Waals surface area contributed by atoms with Gasteiger partial charge in [-0.05, 0) is 30.0 Å². The van der Waals surface area contributed by atoms with Crippen molar-refractivity contribution >= 4 is 5.97 Å². The van der Waals surface area contributed by atoms with Gasteiger partial charge in [-0.25, -0.2) is 0 Å². The topological polar surface area (TPSA) is 26.3 Å². The second-order valence-electron chi connectivity index (χ2n) is 4.45. The molecular weight excluding hydrogens is 200 g/mol. The van der Waals surface area contributed by atoms with Gasteiger partial charge in [-0.1, -0.05) is 39.8 Å². The third kappa shape index (κ3) is 3.37. The number of esters is 1. The maximum Gasteiger partial charge on any atom is 0.313 e. The first-order valence-corrected chi connectivity index (χ1v) is 5.86. The summed E-state index contributed by atoms with van der Waals surface area (Å²) in [4.78, 5) is 11.4. The summed E-state index contributed by atoms with van der Waals surface area (Å²) < 4.78 is 5.21. The van der Waals surface area contributed by atoms with Gasteiger partial charge in [-0.3, -0.25) is 4.79 Å². The minimum absolute atomic E-state index is 0.0887. The van der Waals surface area contributed by atoms with Gasteiger partial charge in [0.05, 0.1) is 5.92 Å². The van der Waals surface area contributed by atoms with Crippen LogP contribution < -0.4 is 4.74 Å². The van der Waals surface area contributed by atoms with Crippen molar-refractivity contribution in [2.24, 2.45) is 5.92 Å². The summed E-state index contributed by atoms with van der Waals surface area (Å²) >= 11 is 0. The molecule has 1 rings (SSSR count). The Balaban J connectivity index is 2.68. The molecule has 1 atom stereocenters. The molecule has 0 spiro atoms. The Morgan fingerprint density at radius 1 is 1.19 bits per heavy atom. The Labute approximate surface area is 97.6 Å². The summed E-state index contributed by atoms with van der Waals surface area (Å²) in [6.07, 6.45) is 1.12. The van der Waals surface area contributed by atoms with Crippen LogP contribution in [0.5, 0.6) is 5.75 Å². The maximum atomic E-state index is 11.4. The van der Waals surface area contributed by atoms with Crippen LogP contribution in [0, 0.1) is 5.92 Å². The highest BCUT2D eigenvalue weighted by molar-refractivity contribution is 5.74. The fourth-order valence-corrected chi connectivity index (χ4v) is 1.33. The van der Waals surface area contributed by atoms with Crippen LogP contribution in [0.2, 0.25) is 0 Å². The van der Waals surface area contributed by atoms with Crippen molar-refractivity contribution in [1.29, 1.82) is 0 Å². The summed E-state index contributed by atoms with van der Waals surface area (Å²) in [6.45, 7) is 8.01. The number of hydrogen-bond acceptors (Lipinski definition) is 2. The lowest BCUT2D eigenvalue weighted by atomic mass is 9.99. The van der Waals surface area contributed by atoms with Gasteiger partial charge in [0.15, 0.2) is 0 Å². The van der Waals surface area contributed by atoms with E-state index in [1.807, 2.05) is 38.1 Å². The molecule has 0 saturated heterocycles. The summed E-state index contributed by atoms with van der Waals surface area (Å²) in [5, 5.41) is 0. The molecule has 0 aromatic heterocycles. The van der Waals surface area contributed by atoms with E-state index in [0.717, 1.165) is 6.42 Å². The molecule has 1 aromatic rings. The number of carbonyl (C=O) groups excluding carboxylic acids is 1. The first kappa shape index (κ1) is 12.8. The van der Waals surface area contributed by atoms with E-state index in [4.69, 9.17) is 4.74 Å². The molecule has 16 heavy (non-hydrogen) atoms. The van der Waals surface area contributed by atoms with Gasteiger partial charge in [0.2, 0.25) is 0 Å². The van der Waals surface area contributed by atoms with Crippen molar-refractivity contribution in [3.63, 3.8) is 0 Å². The highest BCUT2D eigenvalue weighted by atomic mass is 16.5. The number of hydrogen-bond donors (Lipinski definition) is 0. The highest BCUT2D eigenvalue weighted by Gasteiger charge is 2.10. The van der Waals surface area contributed by atoms with Crippen LogP contribution >= 0.6 is 0 Å². The van der Waals surface area contributed by atoms with Gasteiger partial charge in [-0.15, -0.1) is 0 Å². The molecule has 0 heterocycles. The van der Waals surface area contributed by atoms with Crippen molar-refractivity contribution in [3.8, 4) is 5.75 Å². The van der Waals surface area contributed by atoms with Crippen LogP contribution in [0.1, 0.15) is 45.6 Å². The Bertz CT molecular complexity index is 338. The summed E-state index contributed by atoms with van der Waals surface area (Å²) in [5.74, 6) is 0.908. The molecule has 1 aromatic carbocycles. The predicted octanol–water partition coefficient (Wildman–Crippen LogP) is 3.76. The number of benzene rings is 1.